The van der Waals surface area contributed by atoms with E-state index in [1.807, 2.05) is 6.07 Å². The van der Waals surface area contributed by atoms with Gasteiger partial charge < -0.3 is 0 Å². The molecule has 0 atom stereocenters. The minimum atomic E-state index is 0.707. The van der Waals surface area contributed by atoms with E-state index >= 15 is 0 Å². The van der Waals surface area contributed by atoms with E-state index in [0.29, 0.717) is 5.88 Å². The Hall–Kier alpha value is 0.470. The molecule has 0 aliphatic carbocycles. The Balaban J connectivity index is 2.69. The standard InChI is InChI=1S/C6H6BrClS/c7-5-2-4-9-6(5)1-3-8/h2,4H,1,3H2. The van der Waals surface area contributed by atoms with Crippen molar-refractivity contribution in [2.75, 3.05) is 5.88 Å². The molecule has 0 N–H and O–H groups in total. The Morgan fingerprint density at radius 2 is 2.44 bits per heavy atom. The normalized spacial score (nSPS) is 10.0. The lowest BCUT2D eigenvalue weighted by molar-refractivity contribution is 1.19. The van der Waals surface area contributed by atoms with Gasteiger partial charge in [-0.25, -0.2) is 0 Å². The predicted molar refractivity (Wildman–Crippen MR) is 46.4 cm³/mol. The number of thiophene rings is 1. The molecule has 1 rings (SSSR count). The van der Waals surface area contributed by atoms with E-state index < -0.39 is 0 Å². The molecule has 0 aliphatic rings. The maximum Gasteiger partial charge on any atom is 0.0314 e. The van der Waals surface area contributed by atoms with Crippen LogP contribution >= 0.6 is 38.9 Å². The Labute approximate surface area is 72.0 Å². The summed E-state index contributed by atoms with van der Waals surface area (Å²) in [5, 5.41) is 2.06. The smallest absolute Gasteiger partial charge is 0.0314 e. The van der Waals surface area contributed by atoms with Crippen LogP contribution < -0.4 is 0 Å². The number of alkyl halides is 1. The van der Waals surface area contributed by atoms with Crippen LogP contribution in [-0.2, 0) is 6.42 Å². The van der Waals surface area contributed by atoms with Crippen LogP contribution in [0.25, 0.3) is 0 Å². The summed E-state index contributed by atoms with van der Waals surface area (Å²) in [6.45, 7) is 0. The van der Waals surface area contributed by atoms with Gasteiger partial charge in [-0.15, -0.1) is 22.9 Å². The molecule has 1 aromatic heterocycles. The molecular formula is C6H6BrClS. The fourth-order valence-corrected chi connectivity index (χ4v) is 2.45. The van der Waals surface area contributed by atoms with E-state index in [9.17, 15) is 0 Å². The van der Waals surface area contributed by atoms with Crippen LogP contribution in [0.3, 0.4) is 0 Å². The van der Waals surface area contributed by atoms with Gasteiger partial charge in [0.15, 0.2) is 0 Å². The van der Waals surface area contributed by atoms with Gasteiger partial charge in [0, 0.05) is 15.2 Å². The molecular weight excluding hydrogens is 219 g/mol. The number of rotatable bonds is 2. The van der Waals surface area contributed by atoms with Crippen molar-refractivity contribution in [2.45, 2.75) is 6.42 Å². The third-order valence-corrected chi connectivity index (χ3v) is 3.19. The number of hydrogen-bond donors (Lipinski definition) is 0. The summed E-state index contributed by atoms with van der Waals surface area (Å²) >= 11 is 10.7. The summed E-state index contributed by atoms with van der Waals surface area (Å²) in [4.78, 5) is 1.34. The second kappa shape index (κ2) is 3.59. The molecule has 1 aromatic rings. The van der Waals surface area contributed by atoms with Gasteiger partial charge in [0.2, 0.25) is 0 Å². The SMILES string of the molecule is ClCCc1sccc1Br. The zero-order valence-corrected chi connectivity index (χ0v) is 7.89. The van der Waals surface area contributed by atoms with E-state index in [0.717, 1.165) is 6.42 Å². The van der Waals surface area contributed by atoms with Crippen LogP contribution in [0.5, 0.6) is 0 Å². The van der Waals surface area contributed by atoms with Gasteiger partial charge >= 0.3 is 0 Å². The molecule has 50 valence electrons. The Bertz CT molecular complexity index is 185. The van der Waals surface area contributed by atoms with Gasteiger partial charge in [-0.2, -0.15) is 0 Å². The zero-order valence-electron chi connectivity index (χ0n) is 4.73. The molecule has 0 radical (unpaired) electrons. The highest BCUT2D eigenvalue weighted by Gasteiger charge is 1.97. The van der Waals surface area contributed by atoms with Gasteiger partial charge in [-0.1, -0.05) is 0 Å². The Kier molecular flexibility index (Phi) is 3.02. The fourth-order valence-electron chi connectivity index (χ4n) is 0.589. The summed E-state index contributed by atoms with van der Waals surface area (Å²) < 4.78 is 1.19. The molecule has 0 aromatic carbocycles. The summed E-state index contributed by atoms with van der Waals surface area (Å²) in [7, 11) is 0. The maximum absolute atomic E-state index is 5.55. The maximum atomic E-state index is 5.55. The lowest BCUT2D eigenvalue weighted by atomic mass is 10.4. The lowest BCUT2D eigenvalue weighted by Crippen LogP contribution is -1.79. The highest BCUT2D eigenvalue weighted by molar-refractivity contribution is 9.10. The fraction of sp³-hybridized carbons (Fsp3) is 0.333. The molecule has 9 heavy (non-hydrogen) atoms. The lowest BCUT2D eigenvalue weighted by Gasteiger charge is -1.89. The molecule has 0 unspecified atom stereocenters. The van der Waals surface area contributed by atoms with Crippen LogP contribution in [0.4, 0.5) is 0 Å². The van der Waals surface area contributed by atoms with Crippen molar-refractivity contribution in [2.24, 2.45) is 0 Å². The van der Waals surface area contributed by atoms with Crippen LogP contribution in [-0.4, -0.2) is 5.88 Å². The van der Waals surface area contributed by atoms with E-state index in [-0.39, 0.29) is 0 Å². The molecule has 0 aliphatic heterocycles. The van der Waals surface area contributed by atoms with Crippen LogP contribution in [0.1, 0.15) is 4.88 Å². The second-order valence-electron chi connectivity index (χ2n) is 1.63. The largest absolute Gasteiger partial charge is 0.148 e. The van der Waals surface area contributed by atoms with Gasteiger partial charge in [0.1, 0.15) is 0 Å². The van der Waals surface area contributed by atoms with E-state index in [1.165, 1.54) is 9.35 Å². The summed E-state index contributed by atoms with van der Waals surface area (Å²) in [6.07, 6.45) is 0.972. The first kappa shape index (κ1) is 7.58. The Morgan fingerprint density at radius 1 is 1.67 bits per heavy atom. The molecule has 0 saturated carbocycles. The minimum Gasteiger partial charge on any atom is -0.148 e. The van der Waals surface area contributed by atoms with Crippen molar-refractivity contribution in [3.63, 3.8) is 0 Å². The Morgan fingerprint density at radius 3 is 2.89 bits per heavy atom. The predicted octanol–water partition coefficient (Wildman–Crippen LogP) is 3.29. The highest BCUT2D eigenvalue weighted by atomic mass is 79.9. The van der Waals surface area contributed by atoms with Gasteiger partial charge in [-0.05, 0) is 33.8 Å². The van der Waals surface area contributed by atoms with Gasteiger partial charge in [-0.3, -0.25) is 0 Å². The van der Waals surface area contributed by atoms with E-state index in [2.05, 4.69) is 21.3 Å². The zero-order chi connectivity index (χ0) is 6.69. The molecule has 0 spiro atoms. The topological polar surface area (TPSA) is 0 Å². The van der Waals surface area contributed by atoms with Gasteiger partial charge in [0.25, 0.3) is 0 Å². The van der Waals surface area contributed by atoms with E-state index in [1.54, 1.807) is 11.3 Å². The molecule has 0 saturated heterocycles. The first-order valence-electron chi connectivity index (χ1n) is 2.62. The van der Waals surface area contributed by atoms with Crippen molar-refractivity contribution in [3.8, 4) is 0 Å². The molecule has 0 fully saturated rings. The monoisotopic (exact) mass is 224 g/mol. The van der Waals surface area contributed by atoms with Crippen molar-refractivity contribution in [3.05, 3.63) is 20.8 Å². The second-order valence-corrected chi connectivity index (χ2v) is 3.86. The average Bonchev–Trinajstić information content (AvgIpc) is 2.18. The third-order valence-electron chi connectivity index (χ3n) is 1.01. The van der Waals surface area contributed by atoms with Crippen molar-refractivity contribution in [1.82, 2.24) is 0 Å². The quantitative estimate of drug-likeness (QED) is 0.678. The molecule has 0 bridgehead atoms. The molecule has 0 nitrogen and oxygen atoms in total. The van der Waals surface area contributed by atoms with Crippen molar-refractivity contribution >= 4 is 38.9 Å². The number of halogens is 2. The van der Waals surface area contributed by atoms with Crippen molar-refractivity contribution < 1.29 is 0 Å². The van der Waals surface area contributed by atoms with Crippen molar-refractivity contribution in [1.29, 1.82) is 0 Å². The molecule has 0 amide bonds. The van der Waals surface area contributed by atoms with Crippen LogP contribution in [0.15, 0.2) is 15.9 Å². The van der Waals surface area contributed by atoms with Gasteiger partial charge in [0.05, 0.1) is 0 Å². The molecule has 3 heteroatoms. The summed E-state index contributed by atoms with van der Waals surface area (Å²) in [6, 6.07) is 2.05. The number of hydrogen-bond acceptors (Lipinski definition) is 1. The summed E-state index contributed by atoms with van der Waals surface area (Å²) in [5.41, 5.74) is 0. The number of aryl methyl sites for hydroxylation is 1. The first-order chi connectivity index (χ1) is 4.34. The summed E-state index contributed by atoms with van der Waals surface area (Å²) in [5.74, 6) is 0.707. The van der Waals surface area contributed by atoms with Crippen LogP contribution in [0.2, 0.25) is 0 Å². The first-order valence-corrected chi connectivity index (χ1v) is 4.83. The minimum absolute atomic E-state index is 0.707. The third kappa shape index (κ3) is 1.95. The molecule has 1 heterocycles. The van der Waals surface area contributed by atoms with Crippen LogP contribution in [0, 0.1) is 0 Å². The highest BCUT2D eigenvalue weighted by Crippen LogP contribution is 2.22. The average molecular weight is 226 g/mol. The van der Waals surface area contributed by atoms with E-state index in [4.69, 9.17) is 11.6 Å².